The summed E-state index contributed by atoms with van der Waals surface area (Å²) in [6.07, 6.45) is 3.75. The van der Waals surface area contributed by atoms with Gasteiger partial charge in [-0.2, -0.15) is 5.32 Å². The molecule has 0 aliphatic carbocycles. The number of fused-ring (bicyclic) bond motifs is 1. The Balaban J connectivity index is 2.25. The number of hydrogen-bond donors (Lipinski definition) is 2. The molecule has 0 saturated heterocycles. The maximum absolute atomic E-state index is 8.56. The van der Waals surface area contributed by atoms with Gasteiger partial charge in [-0.15, -0.1) is 5.26 Å². The van der Waals surface area contributed by atoms with Crippen molar-refractivity contribution in [3.63, 3.8) is 0 Å². The Hall–Kier alpha value is -1.87. The molecule has 1 aliphatic rings. The minimum Gasteiger partial charge on any atom is -0.486 e. The second-order valence-corrected chi connectivity index (χ2v) is 4.07. The zero-order valence-corrected chi connectivity index (χ0v) is 10.1. The zero-order chi connectivity index (χ0) is 12.1. The van der Waals surface area contributed by atoms with Crippen LogP contribution in [0.2, 0.25) is 0 Å². The summed E-state index contributed by atoms with van der Waals surface area (Å²) >= 11 is 1.43. The molecule has 17 heavy (non-hydrogen) atoms. The standard InChI is InChI=1S/C11H11N3O2S/c1-17-11(13-7-12)14-8-2-3-9-10(6-8)16-5-4-15-9/h2-3,6H,4-5H2,1H3,(H,13,14)/p+1. The molecular formula is C11H12N3O2S+. The Morgan fingerprint density at radius 1 is 1.41 bits per heavy atom. The topological polar surface area (TPSA) is 68.2 Å². The third-order valence-corrected chi connectivity index (χ3v) is 2.79. The summed E-state index contributed by atoms with van der Waals surface area (Å²) in [7, 11) is 0. The molecule has 2 N–H and O–H groups in total. The normalized spacial score (nSPS) is 14.0. The predicted molar refractivity (Wildman–Crippen MR) is 65.3 cm³/mol. The summed E-state index contributed by atoms with van der Waals surface area (Å²) in [5, 5.41) is 11.8. The van der Waals surface area contributed by atoms with E-state index in [0.717, 1.165) is 17.2 Å². The first-order chi connectivity index (χ1) is 8.33. The van der Waals surface area contributed by atoms with E-state index in [2.05, 4.69) is 10.3 Å². The highest BCUT2D eigenvalue weighted by atomic mass is 32.2. The number of ether oxygens (including phenoxy) is 2. The van der Waals surface area contributed by atoms with E-state index in [4.69, 9.17) is 14.7 Å². The van der Waals surface area contributed by atoms with Crippen LogP contribution in [0.1, 0.15) is 0 Å². The number of amidine groups is 1. The lowest BCUT2D eigenvalue weighted by molar-refractivity contribution is -0.352. The maximum Gasteiger partial charge on any atom is 0.323 e. The Morgan fingerprint density at radius 3 is 2.88 bits per heavy atom. The lowest BCUT2D eigenvalue weighted by atomic mass is 10.2. The van der Waals surface area contributed by atoms with Crippen LogP contribution in [0.25, 0.3) is 0 Å². The first-order valence-corrected chi connectivity index (χ1v) is 6.28. The van der Waals surface area contributed by atoms with Gasteiger partial charge in [-0.1, -0.05) is 0 Å². The van der Waals surface area contributed by atoms with Crippen LogP contribution in [0.5, 0.6) is 11.5 Å². The van der Waals surface area contributed by atoms with Crippen LogP contribution in [0.15, 0.2) is 18.2 Å². The van der Waals surface area contributed by atoms with Crippen LogP contribution in [0.3, 0.4) is 0 Å². The van der Waals surface area contributed by atoms with E-state index in [-0.39, 0.29) is 0 Å². The average molecular weight is 250 g/mol. The molecule has 5 nitrogen and oxygen atoms in total. The number of hydrogen-bond acceptors (Lipinski definition) is 4. The molecule has 0 unspecified atom stereocenters. The molecule has 2 rings (SSSR count). The summed E-state index contributed by atoms with van der Waals surface area (Å²) in [6.45, 7) is 1.14. The fraction of sp³-hybridized carbons (Fsp3) is 0.273. The predicted octanol–water partition coefficient (Wildman–Crippen LogP) is -0.0404. The highest BCUT2D eigenvalue weighted by Gasteiger charge is 2.13. The molecule has 1 aromatic rings. The highest BCUT2D eigenvalue weighted by Crippen LogP contribution is 2.30. The van der Waals surface area contributed by atoms with E-state index in [1.165, 1.54) is 11.8 Å². The van der Waals surface area contributed by atoms with Crippen LogP contribution in [0.4, 0.5) is 5.69 Å². The molecule has 1 aromatic carbocycles. The van der Waals surface area contributed by atoms with Gasteiger partial charge in [0.05, 0.1) is 0 Å². The Morgan fingerprint density at radius 2 is 2.18 bits per heavy atom. The molecular weight excluding hydrogens is 238 g/mol. The minimum atomic E-state index is 0.562. The quantitative estimate of drug-likeness (QED) is 0.317. The van der Waals surface area contributed by atoms with Crippen molar-refractivity contribution in [3.05, 3.63) is 18.2 Å². The summed E-state index contributed by atoms with van der Waals surface area (Å²) in [4.78, 5) is 3.09. The molecule has 0 atom stereocenters. The molecule has 0 aromatic heterocycles. The number of nitrogens with one attached hydrogen (secondary N) is 2. The monoisotopic (exact) mass is 250 g/mol. The van der Waals surface area contributed by atoms with Gasteiger partial charge in [-0.05, 0) is 30.2 Å². The highest BCUT2D eigenvalue weighted by molar-refractivity contribution is 8.12. The van der Waals surface area contributed by atoms with Crippen molar-refractivity contribution in [1.82, 2.24) is 5.32 Å². The molecule has 0 saturated carbocycles. The van der Waals surface area contributed by atoms with Crippen LogP contribution >= 0.6 is 11.8 Å². The molecule has 0 bridgehead atoms. The minimum absolute atomic E-state index is 0.562. The van der Waals surface area contributed by atoms with Crippen LogP contribution in [0, 0.1) is 11.5 Å². The Bertz CT molecular complexity index is 482. The lowest BCUT2D eigenvalue weighted by Gasteiger charge is -2.17. The second kappa shape index (κ2) is 5.46. The van der Waals surface area contributed by atoms with Crippen molar-refractivity contribution in [2.45, 2.75) is 0 Å². The fourth-order valence-corrected chi connectivity index (χ4v) is 1.80. The first-order valence-electron chi connectivity index (χ1n) is 5.06. The third-order valence-electron chi connectivity index (χ3n) is 2.17. The van der Waals surface area contributed by atoms with Gasteiger partial charge in [0, 0.05) is 6.07 Å². The van der Waals surface area contributed by atoms with Crippen LogP contribution < -0.4 is 19.8 Å². The van der Waals surface area contributed by atoms with Crippen molar-refractivity contribution < 1.29 is 14.5 Å². The smallest absolute Gasteiger partial charge is 0.323 e. The largest absolute Gasteiger partial charge is 0.486 e. The van der Waals surface area contributed by atoms with Crippen LogP contribution in [-0.2, 0) is 0 Å². The van der Waals surface area contributed by atoms with Crippen molar-refractivity contribution in [2.24, 2.45) is 0 Å². The van der Waals surface area contributed by atoms with Crippen molar-refractivity contribution in [2.75, 3.05) is 19.5 Å². The molecule has 0 spiro atoms. The van der Waals surface area contributed by atoms with Gasteiger partial charge >= 0.3 is 5.17 Å². The second-order valence-electron chi connectivity index (χ2n) is 3.25. The molecule has 6 heteroatoms. The van der Waals surface area contributed by atoms with Gasteiger partial charge in [0.1, 0.15) is 18.9 Å². The molecule has 88 valence electrons. The van der Waals surface area contributed by atoms with E-state index in [1.807, 2.05) is 30.6 Å². The summed E-state index contributed by atoms with van der Waals surface area (Å²) < 4.78 is 10.9. The Kier molecular flexibility index (Phi) is 3.73. The van der Waals surface area contributed by atoms with E-state index >= 15 is 0 Å². The van der Waals surface area contributed by atoms with Crippen molar-refractivity contribution in [3.8, 4) is 17.7 Å². The van der Waals surface area contributed by atoms with Gasteiger partial charge in [0.25, 0.3) is 6.19 Å². The van der Waals surface area contributed by atoms with Gasteiger partial charge in [-0.3, -0.25) is 0 Å². The van der Waals surface area contributed by atoms with Gasteiger partial charge in [-0.25, -0.2) is 4.99 Å². The van der Waals surface area contributed by atoms with Crippen molar-refractivity contribution in [1.29, 1.82) is 5.26 Å². The first kappa shape index (κ1) is 11.6. The number of thioether (sulfide) groups is 1. The van der Waals surface area contributed by atoms with Gasteiger partial charge in [0.15, 0.2) is 11.5 Å². The summed E-state index contributed by atoms with van der Waals surface area (Å²) in [5.74, 6) is 1.47. The van der Waals surface area contributed by atoms with Gasteiger partial charge < -0.3 is 9.47 Å². The molecule has 1 aliphatic heterocycles. The fourth-order valence-electron chi connectivity index (χ4n) is 1.44. The number of benzene rings is 1. The lowest BCUT2D eigenvalue weighted by Crippen LogP contribution is -2.68. The van der Waals surface area contributed by atoms with E-state index < -0.39 is 0 Å². The van der Waals surface area contributed by atoms with E-state index in [1.54, 1.807) is 0 Å². The average Bonchev–Trinajstić information content (AvgIpc) is 2.38. The molecule has 0 amide bonds. The maximum atomic E-state index is 8.56. The Labute approximate surface area is 103 Å². The molecule has 0 radical (unpaired) electrons. The third kappa shape index (κ3) is 2.82. The molecule has 1 heterocycles. The summed E-state index contributed by atoms with van der Waals surface area (Å²) in [6, 6.07) is 5.58. The zero-order valence-electron chi connectivity index (χ0n) is 9.32. The van der Waals surface area contributed by atoms with Crippen LogP contribution in [-0.4, -0.2) is 24.6 Å². The SMILES string of the molecule is CSC(NC#N)=[NH+]c1ccc2c(c1)OCCO2. The molecule has 0 fully saturated rings. The van der Waals surface area contributed by atoms with Crippen molar-refractivity contribution >= 4 is 22.6 Å². The number of nitriles is 1. The van der Waals surface area contributed by atoms with E-state index in [9.17, 15) is 0 Å². The van der Waals surface area contributed by atoms with E-state index in [0.29, 0.717) is 18.4 Å². The number of nitrogens with zero attached hydrogens (tertiary/aromatic N) is 1. The summed E-state index contributed by atoms with van der Waals surface area (Å²) in [5.41, 5.74) is 0.848. The number of rotatable bonds is 1. The van der Waals surface area contributed by atoms with Gasteiger partial charge in [0.2, 0.25) is 0 Å².